The summed E-state index contributed by atoms with van der Waals surface area (Å²) in [5, 5.41) is 16.5. The van der Waals surface area contributed by atoms with Gasteiger partial charge in [-0.25, -0.2) is 17.6 Å². The minimum atomic E-state index is -4.08. The molecule has 2 aromatic carbocycles. The fraction of sp³-hybridized carbons (Fsp3) is 0.393. The van der Waals surface area contributed by atoms with Gasteiger partial charge in [-0.3, -0.25) is 9.52 Å². The van der Waals surface area contributed by atoms with Crippen LogP contribution in [0.15, 0.2) is 51.9 Å². The van der Waals surface area contributed by atoms with Gasteiger partial charge in [0, 0.05) is 25.2 Å². The number of fused-ring (bicyclic) bond motifs is 1. The summed E-state index contributed by atoms with van der Waals surface area (Å²) < 4.78 is 52.9. The number of ether oxygens (including phenoxy) is 1. The Labute approximate surface area is 243 Å². The lowest BCUT2D eigenvalue weighted by atomic mass is 9.99. The van der Waals surface area contributed by atoms with Crippen LogP contribution >= 0.6 is 0 Å². The summed E-state index contributed by atoms with van der Waals surface area (Å²) in [6.45, 7) is 7.03. The number of sulfonamides is 1. The van der Waals surface area contributed by atoms with Crippen molar-refractivity contribution in [2.45, 2.75) is 44.7 Å². The highest BCUT2D eigenvalue weighted by Gasteiger charge is 2.34. The Morgan fingerprint density at radius 1 is 1.24 bits per heavy atom. The van der Waals surface area contributed by atoms with Gasteiger partial charge >= 0.3 is 6.03 Å². The van der Waals surface area contributed by atoms with Crippen LogP contribution in [-0.2, 0) is 10.0 Å². The van der Waals surface area contributed by atoms with Crippen LogP contribution in [0.1, 0.15) is 35.7 Å². The predicted octanol–water partition coefficient (Wildman–Crippen LogP) is 3.62. The van der Waals surface area contributed by atoms with Crippen LogP contribution in [0.2, 0.25) is 0 Å². The van der Waals surface area contributed by atoms with Crippen molar-refractivity contribution in [3.8, 4) is 5.75 Å². The molecule has 226 valence electrons. The SMILES string of the molecule is Cc1noc(C)c1NC(=O)N(C)C[C@@H]1Oc2ccc(NS(=O)(=O)c3ccc(F)cc3)cc2C(=O)N([C@H](C)CO)C[C@H]1C. The van der Waals surface area contributed by atoms with Gasteiger partial charge in [-0.05, 0) is 63.2 Å². The summed E-state index contributed by atoms with van der Waals surface area (Å²) in [6, 6.07) is 7.66. The molecule has 0 fully saturated rings. The number of carbonyl (C=O) groups is 2. The largest absolute Gasteiger partial charge is 0.487 e. The van der Waals surface area contributed by atoms with Gasteiger partial charge in [0.15, 0.2) is 5.76 Å². The molecule has 0 saturated heterocycles. The zero-order valence-corrected chi connectivity index (χ0v) is 24.7. The topological polar surface area (TPSA) is 154 Å². The van der Waals surface area contributed by atoms with E-state index < -0.39 is 39.9 Å². The Morgan fingerprint density at radius 2 is 1.93 bits per heavy atom. The van der Waals surface area contributed by atoms with Crippen molar-refractivity contribution in [2.75, 3.05) is 36.8 Å². The number of aryl methyl sites for hydroxylation is 2. The number of nitrogens with one attached hydrogen (secondary N) is 2. The Bertz CT molecular complexity index is 1540. The van der Waals surface area contributed by atoms with E-state index in [1.165, 1.54) is 28.0 Å². The van der Waals surface area contributed by atoms with Gasteiger partial charge in [0.05, 0.1) is 29.7 Å². The van der Waals surface area contributed by atoms with Crippen molar-refractivity contribution in [1.29, 1.82) is 0 Å². The fourth-order valence-corrected chi connectivity index (χ4v) is 5.60. The van der Waals surface area contributed by atoms with Gasteiger partial charge in [-0.2, -0.15) is 0 Å². The molecule has 0 saturated carbocycles. The van der Waals surface area contributed by atoms with Gasteiger partial charge in [0.25, 0.3) is 15.9 Å². The number of halogens is 1. The number of hydrogen-bond donors (Lipinski definition) is 3. The van der Waals surface area contributed by atoms with Gasteiger partial charge in [-0.1, -0.05) is 12.1 Å². The molecule has 1 aromatic heterocycles. The van der Waals surface area contributed by atoms with Crippen LogP contribution < -0.4 is 14.8 Å². The second-order valence-electron chi connectivity index (χ2n) is 10.4. The first-order valence-electron chi connectivity index (χ1n) is 13.3. The molecule has 0 bridgehead atoms. The Morgan fingerprint density at radius 3 is 2.55 bits per heavy atom. The second kappa shape index (κ2) is 12.4. The third kappa shape index (κ3) is 6.65. The number of rotatable bonds is 8. The Kier molecular flexibility index (Phi) is 9.06. The quantitative estimate of drug-likeness (QED) is 0.353. The third-order valence-corrected chi connectivity index (χ3v) is 8.50. The number of aliphatic hydroxyl groups excluding tert-OH is 1. The Balaban J connectivity index is 1.62. The second-order valence-corrected chi connectivity index (χ2v) is 12.1. The van der Waals surface area contributed by atoms with Crippen molar-refractivity contribution >= 4 is 33.3 Å². The lowest BCUT2D eigenvalue weighted by Crippen LogP contribution is -2.50. The maximum atomic E-state index is 13.7. The highest BCUT2D eigenvalue weighted by Crippen LogP contribution is 2.31. The van der Waals surface area contributed by atoms with Crippen molar-refractivity contribution in [2.24, 2.45) is 5.92 Å². The van der Waals surface area contributed by atoms with Crippen molar-refractivity contribution < 1.29 is 36.8 Å². The summed E-state index contributed by atoms with van der Waals surface area (Å²) in [5.41, 5.74) is 1.19. The van der Waals surface area contributed by atoms with E-state index in [1.54, 1.807) is 27.8 Å². The van der Waals surface area contributed by atoms with E-state index in [4.69, 9.17) is 9.26 Å². The van der Waals surface area contributed by atoms with E-state index >= 15 is 0 Å². The molecule has 0 aliphatic carbocycles. The summed E-state index contributed by atoms with van der Waals surface area (Å²) in [4.78, 5) is 29.4. The first kappa shape index (κ1) is 30.8. The number of anilines is 2. The number of urea groups is 1. The normalized spacial score (nSPS) is 17.9. The van der Waals surface area contributed by atoms with E-state index in [0.29, 0.717) is 17.1 Å². The lowest BCUT2D eigenvalue weighted by molar-refractivity contribution is 0.0371. The number of nitrogens with zero attached hydrogens (tertiary/aromatic N) is 3. The smallest absolute Gasteiger partial charge is 0.321 e. The molecule has 0 radical (unpaired) electrons. The van der Waals surface area contributed by atoms with Crippen molar-refractivity contribution in [3.05, 3.63) is 65.3 Å². The standard InChI is InChI=1S/C28H34FN5O7S/c1-16-13-34(17(2)15-35)27(36)23-12-21(32-42(38,39)22-9-6-20(29)7-10-22)8-11-24(23)40-25(16)14-33(5)28(37)30-26-18(3)31-41-19(26)4/h6-12,16-17,25,32,35H,13-15H2,1-5H3,(H,30,37)/t16-,17-,25+/m1/s1. The van der Waals surface area contributed by atoms with E-state index in [0.717, 1.165) is 24.3 Å². The monoisotopic (exact) mass is 603 g/mol. The molecule has 42 heavy (non-hydrogen) atoms. The van der Waals surface area contributed by atoms with Gasteiger partial charge in [0.1, 0.15) is 29.1 Å². The zero-order valence-electron chi connectivity index (χ0n) is 23.9. The van der Waals surface area contributed by atoms with Crippen LogP contribution in [0.4, 0.5) is 20.6 Å². The van der Waals surface area contributed by atoms with Crippen molar-refractivity contribution in [1.82, 2.24) is 15.0 Å². The van der Waals surface area contributed by atoms with Gasteiger partial charge < -0.3 is 29.5 Å². The van der Waals surface area contributed by atoms with Crippen molar-refractivity contribution in [3.63, 3.8) is 0 Å². The molecule has 3 amide bonds. The summed E-state index contributed by atoms with van der Waals surface area (Å²) >= 11 is 0. The molecule has 1 aliphatic rings. The Hall–Kier alpha value is -4.17. The van der Waals surface area contributed by atoms with E-state index in [2.05, 4.69) is 15.2 Å². The molecule has 2 heterocycles. The molecular weight excluding hydrogens is 569 g/mol. The lowest BCUT2D eigenvalue weighted by Gasteiger charge is -2.38. The molecule has 0 spiro atoms. The average molecular weight is 604 g/mol. The van der Waals surface area contributed by atoms with Gasteiger partial charge in [-0.15, -0.1) is 0 Å². The highest BCUT2D eigenvalue weighted by atomic mass is 32.2. The van der Waals surface area contributed by atoms with Crippen LogP contribution in [0.3, 0.4) is 0 Å². The zero-order chi connectivity index (χ0) is 30.8. The number of carbonyl (C=O) groups excluding carboxylic acids is 2. The fourth-order valence-electron chi connectivity index (χ4n) is 4.55. The third-order valence-electron chi connectivity index (χ3n) is 7.11. The minimum absolute atomic E-state index is 0.0781. The molecular formula is C28H34FN5O7S. The predicted molar refractivity (Wildman–Crippen MR) is 152 cm³/mol. The molecule has 12 nitrogen and oxygen atoms in total. The first-order chi connectivity index (χ1) is 19.8. The van der Waals surface area contributed by atoms with Crippen LogP contribution in [0.5, 0.6) is 5.75 Å². The molecule has 4 rings (SSSR count). The summed E-state index contributed by atoms with van der Waals surface area (Å²) in [5.74, 6) is -0.634. The number of likely N-dealkylation sites (N-methyl/N-ethyl adjacent to an activating group) is 1. The number of amides is 3. The highest BCUT2D eigenvalue weighted by molar-refractivity contribution is 7.92. The minimum Gasteiger partial charge on any atom is -0.487 e. The summed E-state index contributed by atoms with van der Waals surface area (Å²) in [6.07, 6.45) is -0.576. The van der Waals surface area contributed by atoms with E-state index in [-0.39, 0.29) is 47.5 Å². The molecule has 0 unspecified atom stereocenters. The number of benzene rings is 2. The molecule has 1 aliphatic heterocycles. The molecule has 3 atom stereocenters. The average Bonchev–Trinajstić information content (AvgIpc) is 3.26. The van der Waals surface area contributed by atoms with Crippen LogP contribution in [0.25, 0.3) is 0 Å². The number of aliphatic hydroxyl groups is 1. The van der Waals surface area contributed by atoms with E-state index in [9.17, 15) is 27.5 Å². The number of aromatic nitrogens is 1. The summed E-state index contributed by atoms with van der Waals surface area (Å²) in [7, 11) is -2.48. The molecule has 14 heteroatoms. The van der Waals surface area contributed by atoms with Crippen LogP contribution in [0, 0.1) is 25.6 Å². The van der Waals surface area contributed by atoms with Gasteiger partial charge in [0.2, 0.25) is 0 Å². The maximum absolute atomic E-state index is 13.7. The van der Waals surface area contributed by atoms with Crippen LogP contribution in [-0.4, -0.2) is 79.3 Å². The van der Waals surface area contributed by atoms with E-state index in [1.807, 2.05) is 6.92 Å². The molecule has 3 N–H and O–H groups in total. The number of hydrogen-bond acceptors (Lipinski definition) is 8. The first-order valence-corrected chi connectivity index (χ1v) is 14.7. The molecule has 3 aromatic rings. The maximum Gasteiger partial charge on any atom is 0.321 e.